The van der Waals surface area contributed by atoms with Crippen molar-refractivity contribution < 1.29 is 4.79 Å². The van der Waals surface area contributed by atoms with Gasteiger partial charge in [0.05, 0.1) is 12.2 Å². The quantitative estimate of drug-likeness (QED) is 0.878. The first-order chi connectivity index (χ1) is 9.15. The first-order valence-corrected chi connectivity index (χ1v) is 6.86. The Morgan fingerprint density at radius 1 is 1.16 bits per heavy atom. The van der Waals surface area contributed by atoms with Crippen LogP contribution >= 0.6 is 27.5 Å². The second-order valence-electron chi connectivity index (χ2n) is 3.89. The van der Waals surface area contributed by atoms with Gasteiger partial charge in [-0.2, -0.15) is 0 Å². The van der Waals surface area contributed by atoms with Crippen LogP contribution in [-0.2, 0) is 4.79 Å². The normalized spacial score (nSPS) is 10.0. The number of nitrogens with one attached hydrogen (secondary N) is 2. The fourth-order valence-corrected chi connectivity index (χ4v) is 2.09. The number of anilines is 2. The van der Waals surface area contributed by atoms with Gasteiger partial charge >= 0.3 is 0 Å². The van der Waals surface area contributed by atoms with Gasteiger partial charge in [0.1, 0.15) is 0 Å². The third-order valence-corrected chi connectivity index (χ3v) is 3.35. The highest BCUT2D eigenvalue weighted by Gasteiger charge is 2.04. The molecule has 0 aliphatic rings. The van der Waals surface area contributed by atoms with E-state index in [-0.39, 0.29) is 12.5 Å². The van der Waals surface area contributed by atoms with E-state index >= 15 is 0 Å². The van der Waals surface area contributed by atoms with Crippen LogP contribution in [0.15, 0.2) is 53.0 Å². The second-order valence-corrected chi connectivity index (χ2v) is 5.18. The molecule has 3 nitrogen and oxygen atoms in total. The van der Waals surface area contributed by atoms with Crippen LogP contribution in [-0.4, -0.2) is 12.5 Å². The molecule has 5 heteroatoms. The lowest BCUT2D eigenvalue weighted by molar-refractivity contribution is -0.114. The monoisotopic (exact) mass is 338 g/mol. The summed E-state index contributed by atoms with van der Waals surface area (Å²) in [7, 11) is 0. The van der Waals surface area contributed by atoms with Gasteiger partial charge in [-0.1, -0.05) is 29.8 Å². The molecule has 0 spiro atoms. The average Bonchev–Trinajstić information content (AvgIpc) is 2.41. The van der Waals surface area contributed by atoms with Gasteiger partial charge in [-0.3, -0.25) is 4.79 Å². The summed E-state index contributed by atoms with van der Waals surface area (Å²) in [5, 5.41) is 6.45. The topological polar surface area (TPSA) is 41.1 Å². The molecule has 0 aromatic heterocycles. The summed E-state index contributed by atoms with van der Waals surface area (Å²) < 4.78 is 0.865. The minimum atomic E-state index is -0.113. The average molecular weight is 340 g/mol. The van der Waals surface area contributed by atoms with Gasteiger partial charge in [0, 0.05) is 15.2 Å². The van der Waals surface area contributed by atoms with Crippen LogP contribution in [0.5, 0.6) is 0 Å². The number of hydrogen-bond acceptors (Lipinski definition) is 2. The number of amides is 1. The van der Waals surface area contributed by atoms with Crippen molar-refractivity contribution >= 4 is 44.8 Å². The van der Waals surface area contributed by atoms with Gasteiger partial charge in [-0.15, -0.1) is 0 Å². The van der Waals surface area contributed by atoms with Gasteiger partial charge < -0.3 is 10.6 Å². The lowest BCUT2D eigenvalue weighted by Gasteiger charge is -2.09. The molecule has 2 aromatic rings. The maximum Gasteiger partial charge on any atom is 0.243 e. The van der Waals surface area contributed by atoms with Crippen molar-refractivity contribution in [2.75, 3.05) is 17.2 Å². The first kappa shape index (κ1) is 13.9. The lowest BCUT2D eigenvalue weighted by Crippen LogP contribution is -2.21. The van der Waals surface area contributed by atoms with Crippen molar-refractivity contribution in [1.82, 2.24) is 0 Å². The summed E-state index contributed by atoms with van der Waals surface area (Å²) >= 11 is 9.30. The van der Waals surface area contributed by atoms with E-state index in [4.69, 9.17) is 11.6 Å². The minimum absolute atomic E-state index is 0.113. The fourth-order valence-electron chi connectivity index (χ4n) is 1.54. The van der Waals surface area contributed by atoms with Crippen LogP contribution in [0.4, 0.5) is 11.4 Å². The van der Waals surface area contributed by atoms with Crippen LogP contribution in [0.25, 0.3) is 0 Å². The molecule has 19 heavy (non-hydrogen) atoms. The van der Waals surface area contributed by atoms with Crippen molar-refractivity contribution in [3.63, 3.8) is 0 Å². The molecule has 98 valence electrons. The number of para-hydroxylation sites is 1. The summed E-state index contributed by atoms with van der Waals surface area (Å²) in [6.07, 6.45) is 0. The van der Waals surface area contributed by atoms with Crippen LogP contribution < -0.4 is 10.6 Å². The molecule has 0 heterocycles. The van der Waals surface area contributed by atoms with E-state index < -0.39 is 0 Å². The summed E-state index contributed by atoms with van der Waals surface area (Å²) in [5.41, 5.74) is 1.56. The Balaban J connectivity index is 1.92. The highest BCUT2D eigenvalue weighted by atomic mass is 79.9. The fraction of sp³-hybridized carbons (Fsp3) is 0.0714. The Morgan fingerprint density at radius 3 is 2.63 bits per heavy atom. The van der Waals surface area contributed by atoms with E-state index in [1.807, 2.05) is 36.4 Å². The standard InChI is InChI=1S/C14H12BrClN2O/c15-12-7-6-10(16)8-13(12)17-9-14(19)18-11-4-2-1-3-5-11/h1-8,17H,9H2,(H,18,19). The SMILES string of the molecule is O=C(CNc1cc(Cl)ccc1Br)Nc1ccccc1. The zero-order valence-electron chi connectivity index (χ0n) is 9.99. The Hall–Kier alpha value is -1.52. The smallest absolute Gasteiger partial charge is 0.243 e. The van der Waals surface area contributed by atoms with Crippen LogP contribution in [0.1, 0.15) is 0 Å². The third-order valence-electron chi connectivity index (χ3n) is 2.43. The number of carbonyl (C=O) groups excluding carboxylic acids is 1. The molecule has 1 amide bonds. The van der Waals surface area contributed by atoms with Gasteiger partial charge in [0.2, 0.25) is 5.91 Å². The maximum atomic E-state index is 11.8. The Labute approximate surface area is 125 Å². The molecule has 0 aliphatic carbocycles. The molecule has 0 aliphatic heterocycles. The second kappa shape index (κ2) is 6.59. The minimum Gasteiger partial charge on any atom is -0.375 e. The van der Waals surface area contributed by atoms with E-state index in [9.17, 15) is 4.79 Å². The van der Waals surface area contributed by atoms with Gasteiger partial charge in [0.25, 0.3) is 0 Å². The lowest BCUT2D eigenvalue weighted by atomic mass is 10.3. The molecule has 2 N–H and O–H groups in total. The van der Waals surface area contributed by atoms with Crippen LogP contribution in [0.3, 0.4) is 0 Å². The van der Waals surface area contributed by atoms with Crippen LogP contribution in [0, 0.1) is 0 Å². The predicted molar refractivity (Wildman–Crippen MR) is 82.7 cm³/mol. The number of halogens is 2. The summed E-state index contributed by atoms with van der Waals surface area (Å²) in [4.78, 5) is 11.8. The van der Waals surface area contributed by atoms with Gasteiger partial charge in [0.15, 0.2) is 0 Å². The van der Waals surface area contributed by atoms with E-state index in [1.54, 1.807) is 12.1 Å². The molecule has 0 atom stereocenters. The summed E-state index contributed by atoms with van der Waals surface area (Å²) in [6.45, 7) is 0.174. The molecular formula is C14H12BrClN2O. The molecule has 2 rings (SSSR count). The summed E-state index contributed by atoms with van der Waals surface area (Å²) in [5.74, 6) is -0.113. The largest absolute Gasteiger partial charge is 0.375 e. The highest BCUT2D eigenvalue weighted by Crippen LogP contribution is 2.25. The van der Waals surface area contributed by atoms with Crippen molar-refractivity contribution in [3.05, 3.63) is 58.0 Å². The highest BCUT2D eigenvalue weighted by molar-refractivity contribution is 9.10. The van der Waals surface area contributed by atoms with Gasteiger partial charge in [-0.25, -0.2) is 0 Å². The number of hydrogen-bond donors (Lipinski definition) is 2. The molecule has 0 unspecified atom stereocenters. The molecule has 0 bridgehead atoms. The Kier molecular flexibility index (Phi) is 4.82. The molecule has 0 fully saturated rings. The van der Waals surface area contributed by atoms with E-state index in [0.717, 1.165) is 15.8 Å². The molecule has 0 saturated heterocycles. The van der Waals surface area contributed by atoms with Crippen LogP contribution in [0.2, 0.25) is 5.02 Å². The molecule has 2 aromatic carbocycles. The Bertz CT molecular complexity index is 575. The van der Waals surface area contributed by atoms with Gasteiger partial charge in [-0.05, 0) is 46.3 Å². The summed E-state index contributed by atoms with van der Waals surface area (Å²) in [6, 6.07) is 14.7. The number of benzene rings is 2. The van der Waals surface area contributed by atoms with E-state index in [0.29, 0.717) is 5.02 Å². The number of rotatable bonds is 4. The maximum absolute atomic E-state index is 11.8. The molecule has 0 radical (unpaired) electrons. The van der Waals surface area contributed by atoms with Crippen molar-refractivity contribution in [2.24, 2.45) is 0 Å². The Morgan fingerprint density at radius 2 is 1.89 bits per heavy atom. The predicted octanol–water partition coefficient (Wildman–Crippen LogP) is 4.15. The molecular weight excluding hydrogens is 328 g/mol. The number of carbonyl (C=O) groups is 1. The van der Waals surface area contributed by atoms with E-state index in [2.05, 4.69) is 26.6 Å². The molecule has 0 saturated carbocycles. The first-order valence-electron chi connectivity index (χ1n) is 5.69. The third kappa shape index (κ3) is 4.26. The zero-order valence-corrected chi connectivity index (χ0v) is 12.3. The van der Waals surface area contributed by atoms with Crippen molar-refractivity contribution in [3.8, 4) is 0 Å². The van der Waals surface area contributed by atoms with E-state index in [1.165, 1.54) is 0 Å². The van der Waals surface area contributed by atoms with Crippen molar-refractivity contribution in [1.29, 1.82) is 0 Å². The zero-order chi connectivity index (χ0) is 13.7. The van der Waals surface area contributed by atoms with Crippen molar-refractivity contribution in [2.45, 2.75) is 0 Å².